The zero-order chi connectivity index (χ0) is 30.6. The summed E-state index contributed by atoms with van der Waals surface area (Å²) in [5.41, 5.74) is -0.853. The molecule has 43 heavy (non-hydrogen) atoms. The largest absolute Gasteiger partial charge is 0.416 e. The lowest BCUT2D eigenvalue weighted by Gasteiger charge is -2.45. The Hall–Kier alpha value is -3.78. The molecule has 1 saturated carbocycles. The number of amides is 1. The number of fused-ring (bicyclic) bond motifs is 1. The van der Waals surface area contributed by atoms with Gasteiger partial charge < -0.3 is 9.47 Å². The van der Waals surface area contributed by atoms with Gasteiger partial charge in [-0.1, -0.05) is 12.1 Å². The summed E-state index contributed by atoms with van der Waals surface area (Å²) in [4.78, 5) is 17.0. The summed E-state index contributed by atoms with van der Waals surface area (Å²) in [6.45, 7) is 2.21. The van der Waals surface area contributed by atoms with Gasteiger partial charge in [0.2, 0.25) is 0 Å². The molecule has 0 radical (unpaired) electrons. The van der Waals surface area contributed by atoms with E-state index in [1.165, 1.54) is 11.8 Å². The fraction of sp³-hybridized carbons (Fsp3) is 0.500. The molecule has 226 valence electrons. The number of benzene rings is 2. The molecule has 3 heterocycles. The maximum absolute atomic E-state index is 14.9. The molecule has 2 aliphatic heterocycles. The average Bonchev–Trinajstić information content (AvgIpc) is 3.43. The monoisotopic (exact) mass is 594 g/mol. The number of likely N-dealkylation sites (tertiary alicyclic amines) is 1. The van der Waals surface area contributed by atoms with Crippen molar-refractivity contribution in [1.29, 1.82) is 5.26 Å². The Kier molecular flexibility index (Phi) is 7.32. The minimum atomic E-state index is -4.65. The zero-order valence-corrected chi connectivity index (χ0v) is 24.3. The molecular weight excluding hydrogens is 560 g/mol. The van der Waals surface area contributed by atoms with Gasteiger partial charge >= 0.3 is 6.18 Å². The Labute approximate surface area is 248 Å². The Morgan fingerprint density at radius 2 is 1.95 bits per heavy atom. The third-order valence-electron chi connectivity index (χ3n) is 9.32. The van der Waals surface area contributed by atoms with Crippen LogP contribution in [0.5, 0.6) is 0 Å². The fourth-order valence-electron chi connectivity index (χ4n) is 7.10. The van der Waals surface area contributed by atoms with Crippen molar-refractivity contribution in [3.63, 3.8) is 0 Å². The molecule has 2 aromatic carbocycles. The first kappa shape index (κ1) is 29.3. The van der Waals surface area contributed by atoms with E-state index in [2.05, 4.69) is 16.3 Å². The summed E-state index contributed by atoms with van der Waals surface area (Å²) in [7, 11) is 1.86. The van der Waals surface area contributed by atoms with Crippen LogP contribution in [0.25, 0.3) is 0 Å². The fourth-order valence-corrected chi connectivity index (χ4v) is 7.10. The summed E-state index contributed by atoms with van der Waals surface area (Å²) in [5, 5.41) is 17.7. The number of hydrogen-bond acceptors (Lipinski definition) is 5. The lowest BCUT2D eigenvalue weighted by Crippen LogP contribution is -2.43. The number of anilines is 1. The minimum absolute atomic E-state index is 0.0371. The number of alkyl halides is 4. The topological polar surface area (TPSA) is 78.1 Å². The first-order chi connectivity index (χ1) is 20.4. The van der Waals surface area contributed by atoms with Crippen LogP contribution in [0.1, 0.15) is 77.5 Å². The number of hydrogen-bond donors (Lipinski definition) is 0. The molecule has 0 bridgehead atoms. The van der Waals surface area contributed by atoms with Gasteiger partial charge in [-0.3, -0.25) is 9.69 Å². The molecule has 6 rings (SSSR count). The number of nitriles is 1. The van der Waals surface area contributed by atoms with E-state index in [0.29, 0.717) is 43.5 Å². The second-order valence-corrected chi connectivity index (χ2v) is 12.7. The van der Waals surface area contributed by atoms with Gasteiger partial charge in [-0.25, -0.2) is 4.39 Å². The average molecular weight is 595 g/mol. The highest BCUT2D eigenvalue weighted by molar-refractivity contribution is 6.10. The summed E-state index contributed by atoms with van der Waals surface area (Å²) < 4.78 is 59.8. The van der Waals surface area contributed by atoms with Gasteiger partial charge in [-0.15, -0.1) is 10.2 Å². The molecule has 1 atom stereocenters. The van der Waals surface area contributed by atoms with Crippen molar-refractivity contribution in [3.8, 4) is 6.07 Å². The predicted octanol–water partition coefficient (Wildman–Crippen LogP) is 6.12. The van der Waals surface area contributed by atoms with E-state index in [0.717, 1.165) is 30.3 Å². The number of nitrogens with zero attached hydrogens (tertiary/aromatic N) is 6. The van der Waals surface area contributed by atoms with E-state index < -0.39 is 28.7 Å². The van der Waals surface area contributed by atoms with Crippen molar-refractivity contribution in [2.24, 2.45) is 13.0 Å². The van der Waals surface area contributed by atoms with Gasteiger partial charge in [0.05, 0.1) is 18.2 Å². The van der Waals surface area contributed by atoms with Gasteiger partial charge in [-0.05, 0) is 86.5 Å². The Bertz CT molecular complexity index is 1580. The summed E-state index contributed by atoms with van der Waals surface area (Å²) in [6.07, 6.45) is 0.672. The normalized spacial score (nSPS) is 26.1. The molecule has 0 spiro atoms. The SMILES string of the molecule is Cn1cnnc1CC1(c2cccc(N3Cc4c(cc(CN5CCCCC(C)(F)C5)cc4C(F)(F)F)C3=O)c2)CC(C#N)C1. The van der Waals surface area contributed by atoms with E-state index in [9.17, 15) is 27.6 Å². The van der Waals surface area contributed by atoms with Crippen LogP contribution in [-0.2, 0) is 38.1 Å². The highest BCUT2D eigenvalue weighted by atomic mass is 19.4. The number of aryl methyl sites for hydroxylation is 1. The molecule has 7 nitrogen and oxygen atoms in total. The molecule has 2 fully saturated rings. The van der Waals surface area contributed by atoms with Crippen LogP contribution in [0.2, 0.25) is 0 Å². The van der Waals surface area contributed by atoms with Crippen molar-refractivity contribution >= 4 is 11.6 Å². The molecular formula is C32H34F4N6O. The number of halogens is 4. The van der Waals surface area contributed by atoms with Crippen LogP contribution in [0.4, 0.5) is 23.2 Å². The van der Waals surface area contributed by atoms with Gasteiger partial charge in [0, 0.05) is 49.1 Å². The molecule has 1 aromatic heterocycles. The molecule has 0 N–H and O–H groups in total. The van der Waals surface area contributed by atoms with E-state index in [-0.39, 0.29) is 36.7 Å². The molecule has 3 aliphatic rings. The first-order valence-corrected chi connectivity index (χ1v) is 14.7. The summed E-state index contributed by atoms with van der Waals surface area (Å²) >= 11 is 0. The Morgan fingerprint density at radius 3 is 2.65 bits per heavy atom. The summed E-state index contributed by atoms with van der Waals surface area (Å²) in [6, 6.07) is 12.4. The Morgan fingerprint density at radius 1 is 1.16 bits per heavy atom. The van der Waals surface area contributed by atoms with Crippen LogP contribution in [0, 0.1) is 17.2 Å². The smallest absolute Gasteiger partial charge is 0.321 e. The Balaban J connectivity index is 1.31. The second kappa shape index (κ2) is 10.7. The van der Waals surface area contributed by atoms with Crippen LogP contribution in [-0.4, -0.2) is 44.3 Å². The quantitative estimate of drug-likeness (QED) is 0.321. The molecule has 1 aliphatic carbocycles. The molecule has 1 saturated heterocycles. The number of carbonyl (C=O) groups excluding carboxylic acids is 1. The second-order valence-electron chi connectivity index (χ2n) is 12.7. The van der Waals surface area contributed by atoms with Gasteiger partial charge in [0.1, 0.15) is 17.8 Å². The minimum Gasteiger partial charge on any atom is -0.321 e. The van der Waals surface area contributed by atoms with Gasteiger partial charge in [0.25, 0.3) is 5.91 Å². The van der Waals surface area contributed by atoms with Crippen molar-refractivity contribution in [2.75, 3.05) is 18.0 Å². The molecule has 1 amide bonds. The standard InChI is InChI=1S/C32H34F4N6O/c1-30(33)8-3-4-9-41(19-30)17-21-10-25-26(27(11-21)32(34,35)36)18-42(29(25)43)24-7-5-6-23(12-24)31(13-22(14-31)16-37)15-28-39-38-20-40(28)2/h5-7,10-12,20,22H,3-4,8-9,13-15,17-19H2,1-2H3. The molecule has 3 aromatic rings. The lowest BCUT2D eigenvalue weighted by molar-refractivity contribution is -0.138. The zero-order valence-electron chi connectivity index (χ0n) is 24.3. The van der Waals surface area contributed by atoms with Crippen LogP contribution in [0.3, 0.4) is 0 Å². The highest BCUT2D eigenvalue weighted by Gasteiger charge is 2.47. The third kappa shape index (κ3) is 5.65. The van der Waals surface area contributed by atoms with Crippen molar-refractivity contribution in [2.45, 2.75) is 75.8 Å². The highest BCUT2D eigenvalue weighted by Crippen LogP contribution is 2.50. The number of rotatable bonds is 6. The van der Waals surface area contributed by atoms with E-state index in [1.54, 1.807) is 18.5 Å². The lowest BCUT2D eigenvalue weighted by atomic mass is 9.57. The molecule has 1 unspecified atom stereocenters. The van der Waals surface area contributed by atoms with Crippen LogP contribution >= 0.6 is 0 Å². The van der Waals surface area contributed by atoms with Crippen LogP contribution < -0.4 is 4.90 Å². The van der Waals surface area contributed by atoms with Crippen molar-refractivity contribution < 1.29 is 22.4 Å². The maximum Gasteiger partial charge on any atom is 0.416 e. The maximum atomic E-state index is 14.9. The van der Waals surface area contributed by atoms with Gasteiger partial charge in [0.15, 0.2) is 0 Å². The molecule has 11 heteroatoms. The van der Waals surface area contributed by atoms with E-state index >= 15 is 0 Å². The predicted molar refractivity (Wildman–Crippen MR) is 152 cm³/mol. The number of carbonyl (C=O) groups is 1. The first-order valence-electron chi connectivity index (χ1n) is 14.7. The van der Waals surface area contributed by atoms with E-state index in [1.807, 2.05) is 34.7 Å². The summed E-state index contributed by atoms with van der Waals surface area (Å²) in [5.74, 6) is 0.171. The van der Waals surface area contributed by atoms with Crippen molar-refractivity contribution in [3.05, 3.63) is 76.4 Å². The van der Waals surface area contributed by atoms with Crippen molar-refractivity contribution in [1.82, 2.24) is 19.7 Å². The van der Waals surface area contributed by atoms with E-state index in [4.69, 9.17) is 0 Å². The van der Waals surface area contributed by atoms with Gasteiger partial charge in [-0.2, -0.15) is 18.4 Å². The third-order valence-corrected chi connectivity index (χ3v) is 9.32. The number of aromatic nitrogens is 3. The van der Waals surface area contributed by atoms with Crippen LogP contribution in [0.15, 0.2) is 42.7 Å².